The average Bonchev–Trinajstić information content (AvgIpc) is 2.82. The Balaban J connectivity index is 1.96. The zero-order valence-corrected chi connectivity index (χ0v) is 11.9. The van der Waals surface area contributed by atoms with Crippen molar-refractivity contribution in [2.45, 2.75) is 26.4 Å². The summed E-state index contributed by atoms with van der Waals surface area (Å²) in [6.45, 7) is 5.23. The Bertz CT molecular complexity index is 507. The molecule has 2 rings (SSSR count). The van der Waals surface area contributed by atoms with Crippen LogP contribution in [0.1, 0.15) is 28.3 Å². The highest BCUT2D eigenvalue weighted by Crippen LogP contribution is 2.20. The van der Waals surface area contributed by atoms with E-state index in [9.17, 15) is 0 Å². The summed E-state index contributed by atoms with van der Waals surface area (Å²) in [6.07, 6.45) is 0. The molecular formula is C15H19NOS. The van der Waals surface area contributed by atoms with Crippen LogP contribution in [0.3, 0.4) is 0 Å². The summed E-state index contributed by atoms with van der Waals surface area (Å²) in [5, 5.41) is 3.53. The molecule has 1 aromatic carbocycles. The zero-order valence-electron chi connectivity index (χ0n) is 11.1. The van der Waals surface area contributed by atoms with Gasteiger partial charge in [0.15, 0.2) is 0 Å². The number of hydrogen-bond acceptors (Lipinski definition) is 3. The number of thiophene rings is 1. The quantitative estimate of drug-likeness (QED) is 0.881. The van der Waals surface area contributed by atoms with E-state index in [1.807, 2.05) is 23.5 Å². The summed E-state index contributed by atoms with van der Waals surface area (Å²) in [4.78, 5) is 2.74. The van der Waals surface area contributed by atoms with E-state index in [2.05, 4.69) is 43.4 Å². The smallest absolute Gasteiger partial charge is 0.119 e. The summed E-state index contributed by atoms with van der Waals surface area (Å²) in [5.41, 5.74) is 1.25. The van der Waals surface area contributed by atoms with Crippen molar-refractivity contribution in [3.05, 3.63) is 51.7 Å². The number of aryl methyl sites for hydroxylation is 1. The summed E-state index contributed by atoms with van der Waals surface area (Å²) in [6, 6.07) is 12.9. The molecule has 0 aliphatic heterocycles. The van der Waals surface area contributed by atoms with Crippen molar-refractivity contribution < 1.29 is 4.74 Å². The molecule has 0 saturated carbocycles. The Labute approximate surface area is 113 Å². The molecule has 1 N–H and O–H groups in total. The van der Waals surface area contributed by atoms with Gasteiger partial charge in [-0.15, -0.1) is 11.3 Å². The van der Waals surface area contributed by atoms with Crippen LogP contribution in [0.5, 0.6) is 5.75 Å². The van der Waals surface area contributed by atoms with Crippen molar-refractivity contribution >= 4 is 11.3 Å². The maximum atomic E-state index is 5.25. The third-order valence-corrected chi connectivity index (χ3v) is 3.97. The van der Waals surface area contributed by atoms with Gasteiger partial charge in [0.05, 0.1) is 7.11 Å². The first-order valence-electron chi connectivity index (χ1n) is 6.11. The van der Waals surface area contributed by atoms with Crippen molar-refractivity contribution in [2.75, 3.05) is 7.11 Å². The van der Waals surface area contributed by atoms with E-state index >= 15 is 0 Å². The number of hydrogen-bond donors (Lipinski definition) is 1. The number of nitrogens with one attached hydrogen (secondary N) is 1. The van der Waals surface area contributed by atoms with Crippen molar-refractivity contribution in [1.82, 2.24) is 5.32 Å². The van der Waals surface area contributed by atoms with E-state index in [-0.39, 0.29) is 0 Å². The summed E-state index contributed by atoms with van der Waals surface area (Å²) in [5.74, 6) is 0.910. The Morgan fingerprint density at radius 2 is 2.11 bits per heavy atom. The summed E-state index contributed by atoms with van der Waals surface area (Å²) < 4.78 is 5.25. The van der Waals surface area contributed by atoms with Gasteiger partial charge in [-0.25, -0.2) is 0 Å². The molecule has 0 radical (unpaired) electrons. The van der Waals surface area contributed by atoms with E-state index < -0.39 is 0 Å². The average molecular weight is 261 g/mol. The van der Waals surface area contributed by atoms with Crippen molar-refractivity contribution in [2.24, 2.45) is 0 Å². The standard InChI is InChI=1S/C15H19NOS/c1-11-7-8-15(18-11)10-16-12(2)13-5-4-6-14(9-13)17-3/h4-9,12,16H,10H2,1-3H3/t12-/m0/s1. The van der Waals surface area contributed by atoms with E-state index in [0.717, 1.165) is 12.3 Å². The largest absolute Gasteiger partial charge is 0.497 e. The zero-order chi connectivity index (χ0) is 13.0. The van der Waals surface area contributed by atoms with Crippen LogP contribution in [0.4, 0.5) is 0 Å². The van der Waals surface area contributed by atoms with Crippen molar-refractivity contribution in [3.63, 3.8) is 0 Å². The molecule has 3 heteroatoms. The molecule has 1 heterocycles. The van der Waals surface area contributed by atoms with Crippen LogP contribution < -0.4 is 10.1 Å². The van der Waals surface area contributed by atoms with Crippen LogP contribution in [-0.4, -0.2) is 7.11 Å². The lowest BCUT2D eigenvalue weighted by Crippen LogP contribution is -2.17. The summed E-state index contributed by atoms with van der Waals surface area (Å²) >= 11 is 1.85. The lowest BCUT2D eigenvalue weighted by Gasteiger charge is -2.14. The van der Waals surface area contributed by atoms with E-state index in [4.69, 9.17) is 4.74 Å². The third kappa shape index (κ3) is 3.34. The minimum absolute atomic E-state index is 0.322. The molecule has 1 aromatic heterocycles. The Kier molecular flexibility index (Phi) is 4.39. The topological polar surface area (TPSA) is 21.3 Å². The molecule has 0 aliphatic rings. The van der Waals surface area contributed by atoms with Gasteiger partial charge in [-0.2, -0.15) is 0 Å². The van der Waals surface area contributed by atoms with E-state index in [0.29, 0.717) is 6.04 Å². The highest BCUT2D eigenvalue weighted by molar-refractivity contribution is 7.11. The fourth-order valence-corrected chi connectivity index (χ4v) is 2.70. The predicted octanol–water partition coefficient (Wildman–Crippen LogP) is 3.92. The van der Waals surface area contributed by atoms with Crippen LogP contribution >= 0.6 is 11.3 Å². The third-order valence-electron chi connectivity index (χ3n) is 2.97. The fraction of sp³-hybridized carbons (Fsp3) is 0.333. The van der Waals surface area contributed by atoms with Gasteiger partial charge in [-0.1, -0.05) is 12.1 Å². The lowest BCUT2D eigenvalue weighted by molar-refractivity contribution is 0.413. The second-order valence-electron chi connectivity index (χ2n) is 4.39. The van der Waals surface area contributed by atoms with E-state index in [1.165, 1.54) is 15.3 Å². The number of benzene rings is 1. The molecule has 0 amide bonds. The maximum Gasteiger partial charge on any atom is 0.119 e. The second kappa shape index (κ2) is 6.03. The summed E-state index contributed by atoms with van der Waals surface area (Å²) in [7, 11) is 1.70. The fourth-order valence-electron chi connectivity index (χ4n) is 1.86. The van der Waals surface area contributed by atoms with Gasteiger partial charge in [0.25, 0.3) is 0 Å². The minimum Gasteiger partial charge on any atom is -0.497 e. The molecule has 0 aliphatic carbocycles. The maximum absolute atomic E-state index is 5.25. The monoisotopic (exact) mass is 261 g/mol. The number of methoxy groups -OCH3 is 1. The molecule has 2 aromatic rings. The number of rotatable bonds is 5. The van der Waals surface area contributed by atoms with Gasteiger partial charge in [0, 0.05) is 22.3 Å². The molecular weight excluding hydrogens is 242 g/mol. The lowest BCUT2D eigenvalue weighted by atomic mass is 10.1. The molecule has 0 spiro atoms. The first-order valence-corrected chi connectivity index (χ1v) is 6.93. The van der Waals surface area contributed by atoms with Crippen LogP contribution in [0.2, 0.25) is 0 Å². The van der Waals surface area contributed by atoms with Gasteiger partial charge in [0.1, 0.15) is 5.75 Å². The highest BCUT2D eigenvalue weighted by atomic mass is 32.1. The van der Waals surface area contributed by atoms with Gasteiger partial charge in [-0.05, 0) is 43.7 Å². The molecule has 96 valence electrons. The molecule has 1 atom stereocenters. The van der Waals surface area contributed by atoms with Crippen LogP contribution in [-0.2, 0) is 6.54 Å². The highest BCUT2D eigenvalue weighted by Gasteiger charge is 2.06. The van der Waals surface area contributed by atoms with Gasteiger partial charge in [-0.3, -0.25) is 0 Å². The second-order valence-corrected chi connectivity index (χ2v) is 5.76. The van der Waals surface area contributed by atoms with Crippen molar-refractivity contribution in [1.29, 1.82) is 0 Å². The molecule has 0 fully saturated rings. The predicted molar refractivity (Wildman–Crippen MR) is 77.3 cm³/mol. The normalized spacial score (nSPS) is 12.4. The Morgan fingerprint density at radius 3 is 2.78 bits per heavy atom. The first-order chi connectivity index (χ1) is 8.69. The van der Waals surface area contributed by atoms with Gasteiger partial charge < -0.3 is 10.1 Å². The Morgan fingerprint density at radius 1 is 1.28 bits per heavy atom. The Hall–Kier alpha value is -1.32. The molecule has 0 bridgehead atoms. The SMILES string of the molecule is COc1cccc([C@H](C)NCc2ccc(C)s2)c1. The van der Waals surface area contributed by atoms with E-state index in [1.54, 1.807) is 7.11 Å². The minimum atomic E-state index is 0.322. The van der Waals surface area contributed by atoms with Crippen LogP contribution in [0.25, 0.3) is 0 Å². The molecule has 0 unspecified atom stereocenters. The van der Waals surface area contributed by atoms with Crippen LogP contribution in [0, 0.1) is 6.92 Å². The molecule has 18 heavy (non-hydrogen) atoms. The van der Waals surface area contributed by atoms with Crippen molar-refractivity contribution in [3.8, 4) is 5.75 Å². The molecule has 2 nitrogen and oxygen atoms in total. The van der Waals surface area contributed by atoms with Crippen LogP contribution in [0.15, 0.2) is 36.4 Å². The first kappa shape index (κ1) is 13.1. The molecule has 0 saturated heterocycles. The van der Waals surface area contributed by atoms with Gasteiger partial charge in [0.2, 0.25) is 0 Å². The number of ether oxygens (including phenoxy) is 1. The van der Waals surface area contributed by atoms with Gasteiger partial charge >= 0.3 is 0 Å².